The molecule has 1 amide bonds. The van der Waals surface area contributed by atoms with E-state index < -0.39 is 0 Å². The molecule has 0 spiro atoms. The van der Waals surface area contributed by atoms with Crippen molar-refractivity contribution >= 4 is 11.6 Å². The van der Waals surface area contributed by atoms with Gasteiger partial charge in [0.25, 0.3) is 5.56 Å². The summed E-state index contributed by atoms with van der Waals surface area (Å²) in [7, 11) is 1.80. The number of aromatic nitrogens is 3. The lowest BCUT2D eigenvalue weighted by atomic mass is 10.1. The molecule has 1 N–H and O–H groups in total. The van der Waals surface area contributed by atoms with E-state index in [2.05, 4.69) is 10.3 Å². The van der Waals surface area contributed by atoms with Gasteiger partial charge in [-0.05, 0) is 43.2 Å². The average Bonchev–Trinajstić information content (AvgIpc) is 2.85. The number of anilines is 1. The Hall–Kier alpha value is -3.15. The summed E-state index contributed by atoms with van der Waals surface area (Å²) in [5.74, 6) is -0.178. The van der Waals surface area contributed by atoms with Gasteiger partial charge in [0.1, 0.15) is 5.69 Å². The van der Waals surface area contributed by atoms with E-state index in [1.807, 2.05) is 49.4 Å². The zero-order chi connectivity index (χ0) is 17.8. The number of carbonyl (C=O) groups excluding carboxylic acids is 1. The number of aryl methyl sites for hydroxylation is 1. The molecule has 0 saturated heterocycles. The van der Waals surface area contributed by atoms with Crippen molar-refractivity contribution in [2.75, 3.05) is 5.32 Å². The maximum Gasteiger partial charge on any atom is 0.295 e. The summed E-state index contributed by atoms with van der Waals surface area (Å²) in [6.07, 6.45) is 4.32. The van der Waals surface area contributed by atoms with Crippen LogP contribution >= 0.6 is 0 Å². The second kappa shape index (κ2) is 7.17. The fourth-order valence-corrected chi connectivity index (χ4v) is 2.72. The Morgan fingerprint density at radius 1 is 1.12 bits per heavy atom. The summed E-state index contributed by atoms with van der Waals surface area (Å²) in [4.78, 5) is 29.0. The van der Waals surface area contributed by atoms with Gasteiger partial charge in [0, 0.05) is 25.9 Å². The van der Waals surface area contributed by atoms with Gasteiger partial charge in [-0.2, -0.15) is 0 Å². The highest BCUT2D eigenvalue weighted by atomic mass is 16.2. The van der Waals surface area contributed by atoms with E-state index in [0.29, 0.717) is 24.2 Å². The quantitative estimate of drug-likeness (QED) is 0.778. The smallest absolute Gasteiger partial charge is 0.295 e. The van der Waals surface area contributed by atoms with Gasteiger partial charge >= 0.3 is 0 Å². The van der Waals surface area contributed by atoms with E-state index in [1.54, 1.807) is 28.8 Å². The third-order valence-electron chi connectivity index (χ3n) is 4.21. The largest absolute Gasteiger partial charge is 0.320 e. The molecule has 0 atom stereocenters. The standard InChI is InChI=1S/C19H20N4O2/c1-14-18(21-17(24)9-8-15-10-12-20-13-11-15)19(25)23(22(14)2)16-6-4-3-5-7-16/h3-7,10-13H,8-9H2,1-2H3,(H,21,24). The Morgan fingerprint density at radius 2 is 1.80 bits per heavy atom. The zero-order valence-electron chi connectivity index (χ0n) is 14.3. The van der Waals surface area contributed by atoms with E-state index in [-0.39, 0.29) is 11.5 Å². The monoisotopic (exact) mass is 336 g/mol. The number of benzene rings is 1. The molecule has 2 aromatic heterocycles. The van der Waals surface area contributed by atoms with Crippen LogP contribution in [0.15, 0.2) is 59.7 Å². The van der Waals surface area contributed by atoms with E-state index >= 15 is 0 Å². The van der Waals surface area contributed by atoms with Gasteiger partial charge in [0.05, 0.1) is 11.4 Å². The first-order valence-corrected chi connectivity index (χ1v) is 8.10. The van der Waals surface area contributed by atoms with Crippen LogP contribution in [0.2, 0.25) is 0 Å². The highest BCUT2D eigenvalue weighted by Crippen LogP contribution is 2.14. The van der Waals surface area contributed by atoms with E-state index in [0.717, 1.165) is 11.3 Å². The Labute approximate surface area is 145 Å². The normalized spacial score (nSPS) is 10.6. The summed E-state index contributed by atoms with van der Waals surface area (Å²) in [6, 6.07) is 13.1. The summed E-state index contributed by atoms with van der Waals surface area (Å²) in [5, 5.41) is 2.77. The molecule has 3 rings (SSSR count). The third kappa shape index (κ3) is 3.52. The highest BCUT2D eigenvalue weighted by Gasteiger charge is 2.17. The van der Waals surface area contributed by atoms with E-state index in [1.165, 1.54) is 0 Å². The van der Waals surface area contributed by atoms with Crippen LogP contribution in [0.3, 0.4) is 0 Å². The molecule has 25 heavy (non-hydrogen) atoms. The molecule has 0 unspecified atom stereocenters. The number of amides is 1. The van der Waals surface area contributed by atoms with E-state index in [9.17, 15) is 9.59 Å². The van der Waals surface area contributed by atoms with Gasteiger partial charge in [-0.1, -0.05) is 18.2 Å². The molecule has 1 aromatic carbocycles. The maximum atomic E-state index is 12.7. The first-order chi connectivity index (χ1) is 12.1. The number of hydrogen-bond acceptors (Lipinski definition) is 3. The van der Waals surface area contributed by atoms with Crippen LogP contribution in [-0.4, -0.2) is 20.3 Å². The SMILES string of the molecule is Cc1c(NC(=O)CCc2ccncc2)c(=O)n(-c2ccccc2)n1C. The zero-order valence-corrected chi connectivity index (χ0v) is 14.3. The van der Waals surface area contributed by atoms with Crippen LogP contribution in [0, 0.1) is 6.92 Å². The van der Waals surface area contributed by atoms with Gasteiger partial charge in [-0.3, -0.25) is 19.3 Å². The van der Waals surface area contributed by atoms with Gasteiger partial charge in [-0.15, -0.1) is 0 Å². The Bertz CT molecular complexity index is 927. The minimum atomic E-state index is -0.233. The number of pyridine rings is 1. The fourth-order valence-electron chi connectivity index (χ4n) is 2.72. The maximum absolute atomic E-state index is 12.7. The second-order valence-electron chi connectivity index (χ2n) is 5.84. The van der Waals surface area contributed by atoms with Crippen LogP contribution < -0.4 is 10.9 Å². The number of nitrogens with zero attached hydrogens (tertiary/aromatic N) is 3. The molecule has 0 bridgehead atoms. The van der Waals surface area contributed by atoms with Crippen molar-refractivity contribution in [3.8, 4) is 5.69 Å². The van der Waals surface area contributed by atoms with Crippen LogP contribution in [0.5, 0.6) is 0 Å². The highest BCUT2D eigenvalue weighted by molar-refractivity contribution is 5.91. The van der Waals surface area contributed by atoms with Crippen molar-refractivity contribution < 1.29 is 4.79 Å². The number of hydrogen-bond donors (Lipinski definition) is 1. The molecule has 6 heteroatoms. The minimum absolute atomic E-state index is 0.178. The van der Waals surface area contributed by atoms with Crippen LogP contribution in [-0.2, 0) is 18.3 Å². The molecule has 0 aliphatic heterocycles. The van der Waals surface area contributed by atoms with Crippen molar-refractivity contribution in [1.82, 2.24) is 14.3 Å². The molecule has 3 aromatic rings. The molecule has 0 aliphatic rings. The lowest BCUT2D eigenvalue weighted by Crippen LogP contribution is -2.23. The van der Waals surface area contributed by atoms with Crippen molar-refractivity contribution in [1.29, 1.82) is 0 Å². The Morgan fingerprint density at radius 3 is 2.48 bits per heavy atom. The van der Waals surface area contributed by atoms with Gasteiger partial charge in [-0.25, -0.2) is 4.68 Å². The predicted octanol–water partition coefficient (Wildman–Crippen LogP) is 2.45. The number of para-hydroxylation sites is 1. The molecule has 0 saturated carbocycles. The Balaban J connectivity index is 1.79. The lowest BCUT2D eigenvalue weighted by Gasteiger charge is -2.07. The summed E-state index contributed by atoms with van der Waals surface area (Å²) in [6.45, 7) is 1.82. The number of rotatable bonds is 5. The van der Waals surface area contributed by atoms with Gasteiger partial charge in [0.2, 0.25) is 5.91 Å². The first kappa shape index (κ1) is 16.7. The topological polar surface area (TPSA) is 68.9 Å². The second-order valence-corrected chi connectivity index (χ2v) is 5.84. The molecule has 6 nitrogen and oxygen atoms in total. The van der Waals surface area contributed by atoms with E-state index in [4.69, 9.17) is 0 Å². The summed E-state index contributed by atoms with van der Waals surface area (Å²) >= 11 is 0. The van der Waals surface area contributed by atoms with Crippen molar-refractivity contribution in [2.24, 2.45) is 7.05 Å². The fraction of sp³-hybridized carbons (Fsp3) is 0.211. The molecule has 0 aliphatic carbocycles. The predicted molar refractivity (Wildman–Crippen MR) is 96.9 cm³/mol. The van der Waals surface area contributed by atoms with Crippen molar-refractivity contribution in [3.05, 3.63) is 76.5 Å². The van der Waals surface area contributed by atoms with Crippen molar-refractivity contribution in [3.63, 3.8) is 0 Å². The minimum Gasteiger partial charge on any atom is -0.320 e. The number of carbonyl (C=O) groups is 1. The average molecular weight is 336 g/mol. The number of nitrogens with one attached hydrogen (secondary N) is 1. The molecule has 0 radical (unpaired) electrons. The molecular formula is C19H20N4O2. The van der Waals surface area contributed by atoms with Crippen LogP contribution in [0.1, 0.15) is 17.7 Å². The summed E-state index contributed by atoms with van der Waals surface area (Å²) in [5.41, 5.74) is 2.60. The molecule has 128 valence electrons. The molecule has 0 fully saturated rings. The third-order valence-corrected chi connectivity index (χ3v) is 4.21. The summed E-state index contributed by atoms with van der Waals surface area (Å²) < 4.78 is 3.30. The van der Waals surface area contributed by atoms with Gasteiger partial charge < -0.3 is 5.32 Å². The lowest BCUT2D eigenvalue weighted by molar-refractivity contribution is -0.116. The van der Waals surface area contributed by atoms with Crippen molar-refractivity contribution in [2.45, 2.75) is 19.8 Å². The van der Waals surface area contributed by atoms with Crippen LogP contribution in [0.4, 0.5) is 5.69 Å². The van der Waals surface area contributed by atoms with Gasteiger partial charge in [0.15, 0.2) is 0 Å². The Kier molecular flexibility index (Phi) is 4.79. The first-order valence-electron chi connectivity index (χ1n) is 8.10. The molecular weight excluding hydrogens is 316 g/mol. The molecule has 2 heterocycles. The van der Waals surface area contributed by atoms with Crippen LogP contribution in [0.25, 0.3) is 5.69 Å².